The highest BCUT2D eigenvalue weighted by atomic mass is 16.2. The maximum absolute atomic E-state index is 14.2. The number of carbonyl (C=O) groups is 4. The van der Waals surface area contributed by atoms with E-state index in [1.54, 1.807) is 14.0 Å². The summed E-state index contributed by atoms with van der Waals surface area (Å²) in [5.74, 6) is 1.40. The highest BCUT2D eigenvalue weighted by molar-refractivity contribution is 6.07. The first-order valence-corrected chi connectivity index (χ1v) is 15.6. The normalized spacial score (nSPS) is 37.7. The van der Waals surface area contributed by atoms with Gasteiger partial charge in [-0.05, 0) is 86.2 Å². The number of likely N-dealkylation sites (N-methyl/N-ethyl adjacent to an activating group) is 1. The Kier molecular flexibility index (Phi) is 5.91. The molecule has 2 aliphatic heterocycles. The minimum Gasteiger partial charge on any atom is -0.344 e. The maximum atomic E-state index is 14.2. The van der Waals surface area contributed by atoms with E-state index in [1.807, 2.05) is 38.1 Å². The minimum atomic E-state index is -0.988. The molecule has 1 aromatic rings. The Balaban J connectivity index is 1.08. The third-order valence-electron chi connectivity index (χ3n) is 12.2. The predicted molar refractivity (Wildman–Crippen MR) is 155 cm³/mol. The van der Waals surface area contributed by atoms with Gasteiger partial charge in [-0.3, -0.25) is 19.2 Å². The molecule has 2 N–H and O–H groups in total. The van der Waals surface area contributed by atoms with Crippen molar-refractivity contribution in [1.82, 2.24) is 15.1 Å². The number of para-hydroxylation sites is 1. The third-order valence-corrected chi connectivity index (χ3v) is 12.2. The summed E-state index contributed by atoms with van der Waals surface area (Å²) in [5, 5.41) is 16.1. The Hall–Kier alpha value is -3.41. The van der Waals surface area contributed by atoms with E-state index in [4.69, 9.17) is 0 Å². The SMILES string of the molecule is CC(C)C[C@@H](C(=O)N1C[C@]2(C[C@H]1C#N)C(=O)Nc1ccccc12)N(C)C(=O)[C@H](C)NC(=O)C12CC3CC4CC(C1)C43C2. The second-order valence-corrected chi connectivity index (χ2v) is 14.7. The van der Waals surface area contributed by atoms with Crippen LogP contribution in [0, 0.1) is 45.8 Å². The van der Waals surface area contributed by atoms with Crippen LogP contribution in [0.4, 0.5) is 5.69 Å². The summed E-state index contributed by atoms with van der Waals surface area (Å²) in [4.78, 5) is 57.8. The van der Waals surface area contributed by atoms with Crippen molar-refractivity contribution < 1.29 is 19.2 Å². The van der Waals surface area contributed by atoms with E-state index in [9.17, 15) is 24.4 Å². The summed E-state index contributed by atoms with van der Waals surface area (Å²) < 4.78 is 0. The average molecular weight is 572 g/mol. The van der Waals surface area contributed by atoms with E-state index < -0.39 is 23.5 Å². The summed E-state index contributed by atoms with van der Waals surface area (Å²) in [6.07, 6.45) is 6.00. The van der Waals surface area contributed by atoms with Crippen LogP contribution >= 0.6 is 0 Å². The van der Waals surface area contributed by atoms with E-state index >= 15 is 0 Å². The van der Waals surface area contributed by atoms with Gasteiger partial charge in [0, 0.05) is 25.7 Å². The van der Waals surface area contributed by atoms with E-state index in [0.29, 0.717) is 29.4 Å². The summed E-state index contributed by atoms with van der Waals surface area (Å²) >= 11 is 0. The number of rotatable bonds is 7. The van der Waals surface area contributed by atoms with Crippen molar-refractivity contribution in [2.45, 2.75) is 89.3 Å². The van der Waals surface area contributed by atoms with Crippen molar-refractivity contribution in [3.05, 3.63) is 29.8 Å². The van der Waals surface area contributed by atoms with Crippen LogP contribution < -0.4 is 10.6 Å². The van der Waals surface area contributed by atoms with Gasteiger partial charge in [0.2, 0.25) is 23.6 Å². The first kappa shape index (κ1) is 27.4. The fraction of sp³-hybridized carbons (Fsp3) is 0.667. The monoisotopic (exact) mass is 571 g/mol. The van der Waals surface area contributed by atoms with Gasteiger partial charge in [-0.25, -0.2) is 0 Å². The molecule has 5 fully saturated rings. The van der Waals surface area contributed by atoms with Gasteiger partial charge in [-0.15, -0.1) is 0 Å². The van der Waals surface area contributed by atoms with E-state index in [1.165, 1.54) is 22.6 Å². The van der Waals surface area contributed by atoms with Gasteiger partial charge >= 0.3 is 0 Å². The molecule has 0 radical (unpaired) electrons. The number of carbonyl (C=O) groups excluding carboxylic acids is 4. The van der Waals surface area contributed by atoms with Crippen LogP contribution in [0.15, 0.2) is 24.3 Å². The van der Waals surface area contributed by atoms with Crippen molar-refractivity contribution in [3.8, 4) is 6.07 Å². The van der Waals surface area contributed by atoms with Crippen LogP contribution in [0.25, 0.3) is 0 Å². The lowest BCUT2D eigenvalue weighted by molar-refractivity contribution is -0.178. The first-order valence-electron chi connectivity index (χ1n) is 15.6. The van der Waals surface area contributed by atoms with Crippen LogP contribution in [0.3, 0.4) is 0 Å². The Morgan fingerprint density at radius 3 is 2.43 bits per heavy atom. The number of benzene rings is 1. The topological polar surface area (TPSA) is 123 Å². The summed E-state index contributed by atoms with van der Waals surface area (Å²) in [7, 11) is 1.62. The van der Waals surface area contributed by atoms with Crippen LogP contribution in [0.2, 0.25) is 0 Å². The lowest BCUT2D eigenvalue weighted by Gasteiger charge is -2.66. The van der Waals surface area contributed by atoms with Crippen molar-refractivity contribution >= 4 is 29.3 Å². The molecule has 1 aromatic carbocycles. The van der Waals surface area contributed by atoms with Gasteiger partial charge in [0.05, 0.1) is 16.9 Å². The van der Waals surface area contributed by atoms with Crippen molar-refractivity contribution in [2.75, 3.05) is 18.9 Å². The van der Waals surface area contributed by atoms with Gasteiger partial charge in [-0.2, -0.15) is 5.26 Å². The summed E-state index contributed by atoms with van der Waals surface area (Å²) in [6, 6.07) is 7.30. The lowest BCUT2D eigenvalue weighted by Crippen LogP contribution is -2.60. The molecular formula is C33H41N5O4. The van der Waals surface area contributed by atoms with Crippen molar-refractivity contribution in [1.29, 1.82) is 5.26 Å². The molecule has 222 valence electrons. The second kappa shape index (κ2) is 9.05. The molecule has 2 heterocycles. The fourth-order valence-electron chi connectivity index (χ4n) is 10.3. The molecule has 2 bridgehead atoms. The Bertz CT molecular complexity index is 1420. The Morgan fingerprint density at radius 1 is 1.12 bits per heavy atom. The number of hydrogen-bond acceptors (Lipinski definition) is 5. The second-order valence-electron chi connectivity index (χ2n) is 14.7. The van der Waals surface area contributed by atoms with Gasteiger partial charge in [-0.1, -0.05) is 32.0 Å². The predicted octanol–water partition coefficient (Wildman–Crippen LogP) is 3.21. The van der Waals surface area contributed by atoms with Crippen molar-refractivity contribution in [2.24, 2.45) is 34.5 Å². The molecule has 7 rings (SSSR count). The number of likely N-dealkylation sites (tertiary alicyclic amines) is 1. The van der Waals surface area contributed by atoms with Crippen LogP contribution in [-0.4, -0.2) is 65.1 Å². The number of fused-ring (bicyclic) bond motifs is 3. The van der Waals surface area contributed by atoms with Gasteiger partial charge in [0.15, 0.2) is 0 Å². The number of nitrogens with zero attached hydrogens (tertiary/aromatic N) is 3. The molecule has 2 spiro atoms. The van der Waals surface area contributed by atoms with Crippen molar-refractivity contribution in [3.63, 3.8) is 0 Å². The zero-order valence-corrected chi connectivity index (χ0v) is 25.0. The molecule has 42 heavy (non-hydrogen) atoms. The number of nitrogens with one attached hydrogen (secondary N) is 2. The standard InChI is InChI=1S/C33H41N5O4/c1-18(2)9-26(28(40)38-17-32(14-23(38)15-34)24-7-5-6-8-25(24)36-30(32)42)37(4)27(39)19(3)35-29(41)31-12-21-10-20-11-22(13-31)33(20,21)16-31/h5-8,18-23,26H,9-14,16-17H2,1-4H3,(H,35,41)(H,36,42)/t19-,20?,21?,22?,23-,26-,31?,32-,33?/m0/s1. The zero-order chi connectivity index (χ0) is 29.8. The molecule has 9 heteroatoms. The lowest BCUT2D eigenvalue weighted by atomic mass is 9.38. The average Bonchev–Trinajstić information content (AvgIpc) is 3.66. The van der Waals surface area contributed by atoms with E-state index in [0.717, 1.165) is 30.7 Å². The number of anilines is 1. The molecule has 4 saturated carbocycles. The number of hydrogen-bond donors (Lipinski definition) is 2. The van der Waals surface area contributed by atoms with Gasteiger partial charge in [0.25, 0.3) is 0 Å². The fourth-order valence-corrected chi connectivity index (χ4v) is 10.3. The number of nitriles is 1. The molecule has 1 saturated heterocycles. The maximum Gasteiger partial charge on any atom is 0.246 e. The van der Waals surface area contributed by atoms with Crippen LogP contribution in [0.5, 0.6) is 0 Å². The van der Waals surface area contributed by atoms with E-state index in [-0.39, 0.29) is 47.9 Å². The molecule has 6 aliphatic rings. The molecule has 9 nitrogen and oxygen atoms in total. The zero-order valence-electron chi connectivity index (χ0n) is 25.0. The number of amides is 4. The first-order chi connectivity index (χ1) is 20.0. The highest BCUT2D eigenvalue weighted by Crippen LogP contribution is 2.84. The van der Waals surface area contributed by atoms with Crippen LogP contribution in [-0.2, 0) is 24.6 Å². The molecule has 0 aromatic heterocycles. The Morgan fingerprint density at radius 2 is 1.81 bits per heavy atom. The summed E-state index contributed by atoms with van der Waals surface area (Å²) in [5.41, 5.74) is 0.597. The van der Waals surface area contributed by atoms with Gasteiger partial charge < -0.3 is 20.4 Å². The van der Waals surface area contributed by atoms with Gasteiger partial charge in [0.1, 0.15) is 18.1 Å². The van der Waals surface area contributed by atoms with Crippen LogP contribution in [0.1, 0.15) is 71.3 Å². The highest BCUT2D eigenvalue weighted by Gasteiger charge is 2.78. The quantitative estimate of drug-likeness (QED) is 0.521. The third kappa shape index (κ3) is 3.47. The molecule has 4 amide bonds. The molecule has 4 aliphatic carbocycles. The minimum absolute atomic E-state index is 0.00245. The molecular weight excluding hydrogens is 530 g/mol. The van der Waals surface area contributed by atoms with E-state index in [2.05, 4.69) is 16.7 Å². The molecule has 2 unspecified atom stereocenters. The largest absolute Gasteiger partial charge is 0.344 e. The smallest absolute Gasteiger partial charge is 0.246 e. The Labute approximate surface area is 247 Å². The summed E-state index contributed by atoms with van der Waals surface area (Å²) in [6.45, 7) is 5.78. The molecule has 6 atom stereocenters.